The molecule has 5 rings (SSSR count). The summed E-state index contributed by atoms with van der Waals surface area (Å²) in [5, 5.41) is 4.81. The number of rotatable bonds is 5. The summed E-state index contributed by atoms with van der Waals surface area (Å²) >= 11 is 0. The van der Waals surface area contributed by atoms with E-state index in [9.17, 15) is 0 Å². The average molecular weight is 396 g/mol. The molecule has 9 heteroatoms. The molecule has 2 fully saturated rings. The first-order valence-electron chi connectivity index (χ1n) is 10.0. The van der Waals surface area contributed by atoms with E-state index in [2.05, 4.69) is 42.0 Å². The fourth-order valence-electron chi connectivity index (χ4n) is 3.83. The molecule has 0 bridgehead atoms. The normalized spacial score (nSPS) is 20.4. The number of hydrogen-bond acceptors (Lipinski definition) is 9. The molecule has 2 aliphatic rings. The molecule has 2 aliphatic heterocycles. The minimum absolute atomic E-state index is 0.0636. The summed E-state index contributed by atoms with van der Waals surface area (Å²) in [5.74, 6) is 1.99. The van der Waals surface area contributed by atoms with Crippen molar-refractivity contribution in [3.05, 3.63) is 36.2 Å². The van der Waals surface area contributed by atoms with Gasteiger partial charge in [0.2, 0.25) is 11.8 Å². The van der Waals surface area contributed by atoms with Crippen LogP contribution in [0.2, 0.25) is 0 Å². The lowest BCUT2D eigenvalue weighted by Gasteiger charge is -2.35. The molecule has 0 spiro atoms. The minimum atomic E-state index is 0.0636. The number of aryl methyl sites for hydroxylation is 1. The topological polar surface area (TPSA) is 89.6 Å². The highest BCUT2D eigenvalue weighted by Crippen LogP contribution is 2.29. The van der Waals surface area contributed by atoms with Crippen LogP contribution in [0.3, 0.4) is 0 Å². The fourth-order valence-corrected chi connectivity index (χ4v) is 3.83. The van der Waals surface area contributed by atoms with Crippen molar-refractivity contribution in [2.45, 2.75) is 26.0 Å². The first-order chi connectivity index (χ1) is 14.2. The number of ether oxygens (including phenoxy) is 2. The number of benzene rings is 1. The lowest BCUT2D eigenvalue weighted by molar-refractivity contribution is 0.139. The predicted molar refractivity (Wildman–Crippen MR) is 106 cm³/mol. The van der Waals surface area contributed by atoms with Crippen molar-refractivity contribution in [3.63, 3.8) is 0 Å². The third kappa shape index (κ3) is 4.01. The molecule has 1 aromatic carbocycles. The van der Waals surface area contributed by atoms with E-state index in [1.807, 2.05) is 13.0 Å². The monoisotopic (exact) mass is 396 g/mol. The molecule has 4 heterocycles. The molecule has 0 amide bonds. The molecule has 0 aliphatic carbocycles. The maximum Gasteiger partial charge on any atom is 0.240 e. The SMILES string of the molecule is Cc1noc(CN2CCN(c3ccc4ncnc(OC5CCOC5)c4c3)CC2)n1. The van der Waals surface area contributed by atoms with Crippen LogP contribution in [0.5, 0.6) is 5.88 Å². The van der Waals surface area contributed by atoms with Crippen LogP contribution in [-0.2, 0) is 11.3 Å². The number of hydrogen-bond donors (Lipinski definition) is 0. The first-order valence-corrected chi connectivity index (χ1v) is 10.0. The van der Waals surface area contributed by atoms with Crippen LogP contribution < -0.4 is 9.64 Å². The quantitative estimate of drug-likeness (QED) is 0.640. The van der Waals surface area contributed by atoms with E-state index in [-0.39, 0.29) is 6.10 Å². The van der Waals surface area contributed by atoms with Gasteiger partial charge in [0.05, 0.1) is 30.7 Å². The summed E-state index contributed by atoms with van der Waals surface area (Å²) in [6.07, 6.45) is 2.52. The van der Waals surface area contributed by atoms with Crippen molar-refractivity contribution >= 4 is 16.6 Å². The maximum absolute atomic E-state index is 6.09. The van der Waals surface area contributed by atoms with E-state index in [1.54, 1.807) is 6.33 Å². The molecule has 1 atom stereocenters. The Hall–Kier alpha value is -2.78. The largest absolute Gasteiger partial charge is 0.471 e. The lowest BCUT2D eigenvalue weighted by Crippen LogP contribution is -2.46. The van der Waals surface area contributed by atoms with E-state index >= 15 is 0 Å². The molecule has 0 radical (unpaired) electrons. The second-order valence-corrected chi connectivity index (χ2v) is 7.48. The Morgan fingerprint density at radius 2 is 2.07 bits per heavy atom. The molecule has 3 aromatic rings. The van der Waals surface area contributed by atoms with Crippen LogP contribution in [0.4, 0.5) is 5.69 Å². The van der Waals surface area contributed by atoms with Gasteiger partial charge in [-0.1, -0.05) is 5.16 Å². The second-order valence-electron chi connectivity index (χ2n) is 7.48. The van der Waals surface area contributed by atoms with Gasteiger partial charge in [-0.15, -0.1) is 0 Å². The van der Waals surface area contributed by atoms with Crippen molar-refractivity contribution in [1.82, 2.24) is 25.0 Å². The van der Waals surface area contributed by atoms with Crippen molar-refractivity contribution in [2.24, 2.45) is 0 Å². The van der Waals surface area contributed by atoms with Gasteiger partial charge in [-0.05, 0) is 25.1 Å². The molecule has 29 heavy (non-hydrogen) atoms. The summed E-state index contributed by atoms with van der Waals surface area (Å²) < 4.78 is 16.7. The molecule has 0 saturated carbocycles. The van der Waals surface area contributed by atoms with Crippen molar-refractivity contribution in [2.75, 3.05) is 44.3 Å². The molecule has 2 saturated heterocycles. The van der Waals surface area contributed by atoms with Crippen molar-refractivity contribution < 1.29 is 14.0 Å². The van der Waals surface area contributed by atoms with Crippen molar-refractivity contribution in [3.8, 4) is 5.88 Å². The van der Waals surface area contributed by atoms with Crippen LogP contribution in [0.25, 0.3) is 10.9 Å². The Kier molecular flexibility index (Phi) is 4.99. The fraction of sp³-hybridized carbons (Fsp3) is 0.500. The zero-order valence-corrected chi connectivity index (χ0v) is 16.5. The number of aromatic nitrogens is 4. The molecular formula is C20H24N6O3. The van der Waals surface area contributed by atoms with E-state index in [0.29, 0.717) is 30.7 Å². The Balaban J connectivity index is 1.29. The molecular weight excluding hydrogens is 372 g/mol. The van der Waals surface area contributed by atoms with E-state index in [0.717, 1.165) is 55.8 Å². The second kappa shape index (κ2) is 7.92. The summed E-state index contributed by atoms with van der Waals surface area (Å²) in [5.41, 5.74) is 2.05. The van der Waals surface area contributed by atoms with Gasteiger partial charge in [-0.25, -0.2) is 9.97 Å². The van der Waals surface area contributed by atoms with Crippen molar-refractivity contribution in [1.29, 1.82) is 0 Å². The summed E-state index contributed by atoms with van der Waals surface area (Å²) in [6, 6.07) is 6.30. The van der Waals surface area contributed by atoms with Gasteiger partial charge in [0.25, 0.3) is 0 Å². The zero-order chi connectivity index (χ0) is 19.6. The predicted octanol–water partition coefficient (Wildman–Crippen LogP) is 1.81. The van der Waals surface area contributed by atoms with Gasteiger partial charge >= 0.3 is 0 Å². The highest BCUT2D eigenvalue weighted by Gasteiger charge is 2.22. The van der Waals surface area contributed by atoms with E-state index < -0.39 is 0 Å². The highest BCUT2D eigenvalue weighted by atomic mass is 16.5. The first kappa shape index (κ1) is 18.3. The number of anilines is 1. The molecule has 2 aromatic heterocycles. The smallest absolute Gasteiger partial charge is 0.240 e. The van der Waals surface area contributed by atoms with Gasteiger partial charge in [-0.2, -0.15) is 4.98 Å². The Labute approximate surface area is 168 Å². The van der Waals surface area contributed by atoms with Gasteiger partial charge in [0.15, 0.2) is 5.82 Å². The Morgan fingerprint density at radius 1 is 1.17 bits per heavy atom. The number of nitrogens with zero attached hydrogens (tertiary/aromatic N) is 6. The van der Waals surface area contributed by atoms with Crippen LogP contribution in [0.15, 0.2) is 29.0 Å². The number of fused-ring (bicyclic) bond motifs is 1. The summed E-state index contributed by atoms with van der Waals surface area (Å²) in [7, 11) is 0. The van der Waals surface area contributed by atoms with Gasteiger partial charge in [0.1, 0.15) is 12.4 Å². The minimum Gasteiger partial charge on any atom is -0.471 e. The Morgan fingerprint density at radius 3 is 2.83 bits per heavy atom. The lowest BCUT2D eigenvalue weighted by atomic mass is 10.2. The van der Waals surface area contributed by atoms with Crippen LogP contribution in [0.1, 0.15) is 18.1 Å². The molecule has 1 unspecified atom stereocenters. The average Bonchev–Trinajstić information content (AvgIpc) is 3.40. The molecule has 152 valence electrons. The van der Waals surface area contributed by atoms with Gasteiger partial charge in [0, 0.05) is 38.3 Å². The third-order valence-corrected chi connectivity index (χ3v) is 5.41. The van der Waals surface area contributed by atoms with E-state index in [4.69, 9.17) is 14.0 Å². The zero-order valence-electron chi connectivity index (χ0n) is 16.5. The van der Waals surface area contributed by atoms with Gasteiger partial charge in [-0.3, -0.25) is 4.90 Å². The summed E-state index contributed by atoms with van der Waals surface area (Å²) in [4.78, 5) is 17.8. The maximum atomic E-state index is 6.09. The number of piperazine rings is 1. The van der Waals surface area contributed by atoms with Crippen LogP contribution >= 0.6 is 0 Å². The summed E-state index contributed by atoms with van der Waals surface area (Å²) in [6.45, 7) is 7.63. The van der Waals surface area contributed by atoms with Crippen LogP contribution in [-0.4, -0.2) is 70.5 Å². The van der Waals surface area contributed by atoms with Gasteiger partial charge < -0.3 is 18.9 Å². The molecule has 9 nitrogen and oxygen atoms in total. The van der Waals surface area contributed by atoms with Crippen LogP contribution in [0, 0.1) is 6.92 Å². The Bertz CT molecular complexity index is 979. The highest BCUT2D eigenvalue weighted by molar-refractivity contribution is 5.86. The third-order valence-electron chi connectivity index (χ3n) is 5.41. The molecule has 0 N–H and O–H groups in total. The standard InChI is InChI=1S/C20H24N6O3/c1-14-23-19(29-24-14)11-25-5-7-26(8-6-25)15-2-3-18-17(10-15)20(22-13-21-18)28-16-4-9-27-12-16/h2-3,10,13,16H,4-9,11-12H2,1H3. The van der Waals surface area contributed by atoms with E-state index in [1.165, 1.54) is 0 Å².